The topological polar surface area (TPSA) is 76.0 Å². The number of aryl methyl sites for hydroxylation is 4. The SMILES string of the molecule is Cc1ccc(NC(=O)c2ccn([C@@H](C)C(=O)Nc3ccc(C)c(C)c3)n2)cc1C. The molecule has 0 aliphatic rings. The second-order valence-electron chi connectivity index (χ2n) is 7.40. The summed E-state index contributed by atoms with van der Waals surface area (Å²) in [6.45, 7) is 9.79. The Morgan fingerprint density at radius 3 is 1.93 bits per heavy atom. The average Bonchev–Trinajstić information content (AvgIpc) is 3.17. The molecule has 1 heterocycles. The van der Waals surface area contributed by atoms with Crippen molar-refractivity contribution in [2.45, 2.75) is 40.7 Å². The highest BCUT2D eigenvalue weighted by Gasteiger charge is 2.18. The van der Waals surface area contributed by atoms with Crippen LogP contribution in [0.25, 0.3) is 0 Å². The second-order valence-corrected chi connectivity index (χ2v) is 7.40. The summed E-state index contributed by atoms with van der Waals surface area (Å²) in [4.78, 5) is 25.1. The van der Waals surface area contributed by atoms with Gasteiger partial charge in [-0.05, 0) is 87.2 Å². The quantitative estimate of drug-likeness (QED) is 0.670. The number of rotatable bonds is 5. The van der Waals surface area contributed by atoms with Crippen molar-refractivity contribution in [2.75, 3.05) is 10.6 Å². The van der Waals surface area contributed by atoms with Crippen LogP contribution in [-0.4, -0.2) is 21.6 Å². The highest BCUT2D eigenvalue weighted by molar-refractivity contribution is 6.03. The molecule has 2 aromatic carbocycles. The van der Waals surface area contributed by atoms with E-state index in [1.54, 1.807) is 19.2 Å². The molecule has 29 heavy (non-hydrogen) atoms. The lowest BCUT2D eigenvalue weighted by Gasteiger charge is -2.13. The van der Waals surface area contributed by atoms with Crippen molar-refractivity contribution >= 4 is 23.2 Å². The van der Waals surface area contributed by atoms with Gasteiger partial charge in [-0.25, -0.2) is 0 Å². The van der Waals surface area contributed by atoms with Gasteiger partial charge in [0, 0.05) is 17.6 Å². The Hall–Kier alpha value is -3.41. The van der Waals surface area contributed by atoms with Crippen molar-refractivity contribution < 1.29 is 9.59 Å². The third-order valence-corrected chi connectivity index (χ3v) is 5.16. The van der Waals surface area contributed by atoms with Gasteiger partial charge in [-0.1, -0.05) is 12.1 Å². The van der Waals surface area contributed by atoms with Crippen molar-refractivity contribution in [1.29, 1.82) is 0 Å². The zero-order valence-corrected chi connectivity index (χ0v) is 17.4. The fourth-order valence-electron chi connectivity index (χ4n) is 2.88. The molecule has 6 nitrogen and oxygen atoms in total. The van der Waals surface area contributed by atoms with Gasteiger partial charge in [-0.15, -0.1) is 0 Å². The van der Waals surface area contributed by atoms with Crippen LogP contribution >= 0.6 is 0 Å². The van der Waals surface area contributed by atoms with Crippen molar-refractivity contribution in [3.8, 4) is 0 Å². The predicted octanol–water partition coefficient (Wildman–Crippen LogP) is 4.57. The maximum Gasteiger partial charge on any atom is 0.276 e. The summed E-state index contributed by atoms with van der Waals surface area (Å²) in [5.41, 5.74) is 6.26. The fraction of sp³-hybridized carbons (Fsp3) is 0.261. The number of carbonyl (C=O) groups excluding carboxylic acids is 2. The van der Waals surface area contributed by atoms with Crippen LogP contribution in [0, 0.1) is 27.7 Å². The number of hydrogen-bond donors (Lipinski definition) is 2. The minimum Gasteiger partial charge on any atom is -0.324 e. The van der Waals surface area contributed by atoms with E-state index in [4.69, 9.17) is 0 Å². The molecule has 0 saturated carbocycles. The second kappa shape index (κ2) is 8.31. The van der Waals surface area contributed by atoms with Gasteiger partial charge in [0.1, 0.15) is 6.04 Å². The third kappa shape index (κ3) is 4.71. The molecule has 0 fully saturated rings. The minimum atomic E-state index is -0.556. The standard InChI is InChI=1S/C23H26N4O2/c1-14-6-8-19(12-16(14)3)24-22(28)18(5)27-11-10-21(26-27)23(29)25-20-9-7-15(2)17(4)13-20/h6-13,18H,1-5H3,(H,24,28)(H,25,29)/t18-/m0/s1. The molecule has 0 radical (unpaired) electrons. The van der Waals surface area contributed by atoms with Crippen molar-refractivity contribution in [2.24, 2.45) is 0 Å². The minimum absolute atomic E-state index is 0.197. The van der Waals surface area contributed by atoms with Gasteiger partial charge in [0.15, 0.2) is 5.69 Å². The molecule has 150 valence electrons. The Kier molecular flexibility index (Phi) is 5.82. The van der Waals surface area contributed by atoms with Crippen LogP contribution in [0.3, 0.4) is 0 Å². The van der Waals surface area contributed by atoms with Crippen molar-refractivity contribution in [1.82, 2.24) is 9.78 Å². The summed E-state index contributed by atoms with van der Waals surface area (Å²) >= 11 is 0. The summed E-state index contributed by atoms with van der Waals surface area (Å²) in [5, 5.41) is 10.0. The van der Waals surface area contributed by atoms with Gasteiger partial charge in [-0.3, -0.25) is 14.3 Å². The van der Waals surface area contributed by atoms with E-state index < -0.39 is 6.04 Å². The van der Waals surface area contributed by atoms with Crippen LogP contribution in [0.5, 0.6) is 0 Å². The van der Waals surface area contributed by atoms with E-state index in [0.717, 1.165) is 22.4 Å². The molecule has 3 aromatic rings. The van der Waals surface area contributed by atoms with E-state index in [0.29, 0.717) is 5.69 Å². The number of aromatic nitrogens is 2. The van der Waals surface area contributed by atoms with Crippen LogP contribution in [0.4, 0.5) is 11.4 Å². The van der Waals surface area contributed by atoms with E-state index >= 15 is 0 Å². The summed E-state index contributed by atoms with van der Waals surface area (Å²) in [6.07, 6.45) is 1.64. The predicted molar refractivity (Wildman–Crippen MR) is 115 cm³/mol. The van der Waals surface area contributed by atoms with Gasteiger partial charge in [0.2, 0.25) is 5.91 Å². The lowest BCUT2D eigenvalue weighted by Crippen LogP contribution is -2.24. The first kappa shape index (κ1) is 20.3. The molecule has 0 bridgehead atoms. The lowest BCUT2D eigenvalue weighted by atomic mass is 10.1. The zero-order chi connectivity index (χ0) is 21.1. The van der Waals surface area contributed by atoms with Crippen LogP contribution < -0.4 is 10.6 Å². The van der Waals surface area contributed by atoms with Gasteiger partial charge in [0.25, 0.3) is 5.91 Å². The number of benzene rings is 2. The molecular formula is C23H26N4O2. The zero-order valence-electron chi connectivity index (χ0n) is 17.4. The Morgan fingerprint density at radius 2 is 1.38 bits per heavy atom. The molecule has 6 heteroatoms. The first-order valence-corrected chi connectivity index (χ1v) is 9.56. The highest BCUT2D eigenvalue weighted by Crippen LogP contribution is 2.17. The van der Waals surface area contributed by atoms with E-state index in [-0.39, 0.29) is 17.5 Å². The summed E-state index contributed by atoms with van der Waals surface area (Å²) in [6, 6.07) is 12.6. The summed E-state index contributed by atoms with van der Waals surface area (Å²) < 4.78 is 1.49. The molecular weight excluding hydrogens is 364 g/mol. The fourth-order valence-corrected chi connectivity index (χ4v) is 2.88. The largest absolute Gasteiger partial charge is 0.324 e. The van der Waals surface area contributed by atoms with E-state index in [1.807, 2.05) is 64.1 Å². The number of nitrogens with one attached hydrogen (secondary N) is 2. The van der Waals surface area contributed by atoms with E-state index in [1.165, 1.54) is 10.2 Å². The van der Waals surface area contributed by atoms with Crippen LogP contribution in [0.1, 0.15) is 45.7 Å². The smallest absolute Gasteiger partial charge is 0.276 e. The van der Waals surface area contributed by atoms with E-state index in [2.05, 4.69) is 15.7 Å². The maximum atomic E-state index is 12.6. The number of carbonyl (C=O) groups is 2. The number of anilines is 2. The molecule has 2 amide bonds. The monoisotopic (exact) mass is 390 g/mol. The Bertz CT molecular complexity index is 1070. The molecule has 2 N–H and O–H groups in total. The van der Waals surface area contributed by atoms with Crippen LogP contribution in [0.15, 0.2) is 48.7 Å². The van der Waals surface area contributed by atoms with Gasteiger partial charge >= 0.3 is 0 Å². The number of hydrogen-bond acceptors (Lipinski definition) is 3. The van der Waals surface area contributed by atoms with Gasteiger partial charge in [0.05, 0.1) is 0 Å². The van der Waals surface area contributed by atoms with Crippen molar-refractivity contribution in [3.63, 3.8) is 0 Å². The molecule has 0 spiro atoms. The molecule has 0 unspecified atom stereocenters. The molecule has 0 aliphatic carbocycles. The first-order valence-electron chi connectivity index (χ1n) is 9.56. The maximum absolute atomic E-state index is 12.6. The summed E-state index contributed by atoms with van der Waals surface area (Å²) in [7, 11) is 0. The first-order chi connectivity index (χ1) is 13.7. The van der Waals surface area contributed by atoms with Crippen molar-refractivity contribution in [3.05, 3.63) is 76.6 Å². The molecule has 1 aromatic heterocycles. The molecule has 0 saturated heterocycles. The Morgan fingerprint density at radius 1 is 0.828 bits per heavy atom. The van der Waals surface area contributed by atoms with Crippen LogP contribution in [-0.2, 0) is 4.79 Å². The number of nitrogens with zero attached hydrogens (tertiary/aromatic N) is 2. The normalized spacial score (nSPS) is 11.8. The Balaban J connectivity index is 1.67. The Labute approximate surface area is 170 Å². The lowest BCUT2D eigenvalue weighted by molar-refractivity contribution is -0.119. The molecule has 1 atom stereocenters. The molecule has 3 rings (SSSR count). The third-order valence-electron chi connectivity index (χ3n) is 5.16. The highest BCUT2D eigenvalue weighted by atomic mass is 16.2. The van der Waals surface area contributed by atoms with Gasteiger partial charge < -0.3 is 10.6 Å². The molecule has 0 aliphatic heterocycles. The van der Waals surface area contributed by atoms with E-state index in [9.17, 15) is 9.59 Å². The van der Waals surface area contributed by atoms with Gasteiger partial charge in [-0.2, -0.15) is 5.10 Å². The van der Waals surface area contributed by atoms with Crippen LogP contribution in [0.2, 0.25) is 0 Å². The average molecular weight is 390 g/mol. The number of amides is 2. The summed E-state index contributed by atoms with van der Waals surface area (Å²) in [5.74, 6) is -0.508.